The van der Waals surface area contributed by atoms with Gasteiger partial charge in [0.15, 0.2) is 0 Å². The fourth-order valence-corrected chi connectivity index (χ4v) is 1.05. The molecule has 0 aliphatic rings. The van der Waals surface area contributed by atoms with Gasteiger partial charge in [-0.3, -0.25) is 5.41 Å². The Balaban J connectivity index is 2.69. The van der Waals surface area contributed by atoms with Crippen LogP contribution in [-0.2, 0) is 4.74 Å². The first-order chi connectivity index (χ1) is 6.75. The van der Waals surface area contributed by atoms with Gasteiger partial charge in [-0.05, 0) is 12.1 Å². The minimum Gasteiger partial charge on any atom is -0.490 e. The molecule has 0 atom stereocenters. The van der Waals surface area contributed by atoms with Crippen LogP contribution < -0.4 is 10.5 Å². The van der Waals surface area contributed by atoms with Crippen molar-refractivity contribution in [3.8, 4) is 5.75 Å². The average molecular weight is 194 g/mol. The molecule has 0 saturated carbocycles. The van der Waals surface area contributed by atoms with E-state index in [1.165, 1.54) is 0 Å². The van der Waals surface area contributed by atoms with E-state index in [1.807, 2.05) is 12.1 Å². The maximum Gasteiger partial charge on any atom is 0.130 e. The third kappa shape index (κ3) is 2.74. The van der Waals surface area contributed by atoms with Crippen molar-refractivity contribution in [2.24, 2.45) is 5.73 Å². The molecule has 0 radical (unpaired) electrons. The number of methoxy groups -OCH3 is 1. The summed E-state index contributed by atoms with van der Waals surface area (Å²) < 4.78 is 10.2. The molecule has 4 nitrogen and oxygen atoms in total. The number of ether oxygens (including phenoxy) is 2. The van der Waals surface area contributed by atoms with Crippen LogP contribution >= 0.6 is 0 Å². The van der Waals surface area contributed by atoms with Crippen molar-refractivity contribution in [2.45, 2.75) is 0 Å². The highest BCUT2D eigenvalue weighted by atomic mass is 16.5. The van der Waals surface area contributed by atoms with E-state index >= 15 is 0 Å². The Morgan fingerprint density at radius 3 is 2.71 bits per heavy atom. The quantitative estimate of drug-likeness (QED) is 0.417. The summed E-state index contributed by atoms with van der Waals surface area (Å²) in [5, 5.41) is 7.32. The molecule has 0 amide bonds. The Hall–Kier alpha value is -1.55. The van der Waals surface area contributed by atoms with Crippen LogP contribution in [-0.4, -0.2) is 26.2 Å². The molecule has 0 heterocycles. The zero-order chi connectivity index (χ0) is 10.4. The van der Waals surface area contributed by atoms with Crippen molar-refractivity contribution in [2.75, 3.05) is 20.3 Å². The second kappa shape index (κ2) is 5.24. The first kappa shape index (κ1) is 10.5. The van der Waals surface area contributed by atoms with Gasteiger partial charge in [0.2, 0.25) is 0 Å². The molecule has 0 aromatic heterocycles. The van der Waals surface area contributed by atoms with Crippen LogP contribution in [0.2, 0.25) is 0 Å². The molecule has 0 aliphatic heterocycles. The van der Waals surface area contributed by atoms with E-state index in [0.29, 0.717) is 24.5 Å². The molecule has 76 valence electrons. The molecule has 14 heavy (non-hydrogen) atoms. The Bertz CT molecular complexity index is 313. The zero-order valence-corrected chi connectivity index (χ0v) is 8.12. The summed E-state index contributed by atoms with van der Waals surface area (Å²) in [6, 6.07) is 7.20. The highest BCUT2D eigenvalue weighted by Crippen LogP contribution is 2.16. The predicted molar refractivity (Wildman–Crippen MR) is 54.8 cm³/mol. The van der Waals surface area contributed by atoms with Gasteiger partial charge in [0, 0.05) is 7.11 Å². The minimum absolute atomic E-state index is 0.0121. The van der Waals surface area contributed by atoms with Gasteiger partial charge >= 0.3 is 0 Å². The van der Waals surface area contributed by atoms with Gasteiger partial charge in [-0.1, -0.05) is 12.1 Å². The first-order valence-corrected chi connectivity index (χ1v) is 4.31. The molecular formula is C10H14N2O2. The molecule has 0 fully saturated rings. The van der Waals surface area contributed by atoms with Crippen molar-refractivity contribution in [1.82, 2.24) is 0 Å². The number of rotatable bonds is 5. The van der Waals surface area contributed by atoms with Gasteiger partial charge in [0.1, 0.15) is 18.2 Å². The van der Waals surface area contributed by atoms with Crippen LogP contribution in [0.5, 0.6) is 5.75 Å². The largest absolute Gasteiger partial charge is 0.490 e. The highest BCUT2D eigenvalue weighted by molar-refractivity contribution is 5.97. The van der Waals surface area contributed by atoms with Gasteiger partial charge in [0.25, 0.3) is 0 Å². The summed E-state index contributed by atoms with van der Waals surface area (Å²) in [5.41, 5.74) is 6.01. The van der Waals surface area contributed by atoms with Crippen LogP contribution in [0.25, 0.3) is 0 Å². The molecule has 1 aromatic rings. The lowest BCUT2D eigenvalue weighted by atomic mass is 10.2. The van der Waals surface area contributed by atoms with Crippen molar-refractivity contribution in [1.29, 1.82) is 5.41 Å². The molecule has 1 rings (SSSR count). The smallest absolute Gasteiger partial charge is 0.130 e. The van der Waals surface area contributed by atoms with Crippen LogP contribution in [0.15, 0.2) is 24.3 Å². The predicted octanol–water partition coefficient (Wildman–Crippen LogP) is 0.996. The fourth-order valence-electron chi connectivity index (χ4n) is 1.05. The Labute approximate surface area is 83.1 Å². The molecule has 1 aromatic carbocycles. The standard InChI is InChI=1S/C10H14N2O2/c1-13-6-7-14-9-5-3-2-4-8(9)10(11)12/h2-5H,6-7H2,1H3,(H3,11,12). The van der Waals surface area contributed by atoms with Crippen LogP contribution in [0.4, 0.5) is 0 Å². The molecule has 4 heteroatoms. The van der Waals surface area contributed by atoms with Gasteiger partial charge in [-0.25, -0.2) is 0 Å². The van der Waals surface area contributed by atoms with E-state index < -0.39 is 0 Å². The monoisotopic (exact) mass is 194 g/mol. The van der Waals surface area contributed by atoms with Gasteiger partial charge in [-0.2, -0.15) is 0 Å². The Morgan fingerprint density at radius 2 is 2.07 bits per heavy atom. The van der Waals surface area contributed by atoms with Gasteiger partial charge in [0.05, 0.1) is 12.2 Å². The summed E-state index contributed by atoms with van der Waals surface area (Å²) in [6.45, 7) is 0.979. The number of nitrogens with one attached hydrogen (secondary N) is 1. The number of hydrogen-bond donors (Lipinski definition) is 2. The lowest BCUT2D eigenvalue weighted by molar-refractivity contribution is 0.146. The summed E-state index contributed by atoms with van der Waals surface area (Å²) in [4.78, 5) is 0. The first-order valence-electron chi connectivity index (χ1n) is 4.31. The maximum atomic E-state index is 7.32. The van der Waals surface area contributed by atoms with Crippen LogP contribution in [0.1, 0.15) is 5.56 Å². The lowest BCUT2D eigenvalue weighted by Gasteiger charge is -2.09. The highest BCUT2D eigenvalue weighted by Gasteiger charge is 2.04. The molecule has 0 bridgehead atoms. The lowest BCUT2D eigenvalue weighted by Crippen LogP contribution is -2.14. The fraction of sp³-hybridized carbons (Fsp3) is 0.300. The second-order valence-corrected chi connectivity index (χ2v) is 2.75. The molecule has 0 aliphatic carbocycles. The summed E-state index contributed by atoms with van der Waals surface area (Å²) >= 11 is 0. The van der Waals surface area contributed by atoms with Crippen molar-refractivity contribution < 1.29 is 9.47 Å². The third-order valence-corrected chi connectivity index (χ3v) is 1.72. The second-order valence-electron chi connectivity index (χ2n) is 2.75. The van der Waals surface area contributed by atoms with Gasteiger partial charge in [-0.15, -0.1) is 0 Å². The van der Waals surface area contributed by atoms with E-state index in [1.54, 1.807) is 19.2 Å². The van der Waals surface area contributed by atoms with E-state index in [9.17, 15) is 0 Å². The number of nitrogens with two attached hydrogens (primary N) is 1. The van der Waals surface area contributed by atoms with Crippen LogP contribution in [0.3, 0.4) is 0 Å². The van der Waals surface area contributed by atoms with E-state index in [-0.39, 0.29) is 5.84 Å². The summed E-state index contributed by atoms with van der Waals surface area (Å²) in [6.07, 6.45) is 0. The molecule has 3 N–H and O–H groups in total. The van der Waals surface area contributed by atoms with Crippen molar-refractivity contribution in [3.05, 3.63) is 29.8 Å². The van der Waals surface area contributed by atoms with E-state index in [4.69, 9.17) is 20.6 Å². The molecule has 0 unspecified atom stereocenters. The summed E-state index contributed by atoms with van der Waals surface area (Å²) in [5.74, 6) is 0.634. The normalized spacial score (nSPS) is 9.79. The maximum absolute atomic E-state index is 7.32. The van der Waals surface area contributed by atoms with E-state index in [0.717, 1.165) is 0 Å². The molecule has 0 spiro atoms. The van der Waals surface area contributed by atoms with E-state index in [2.05, 4.69) is 0 Å². The Morgan fingerprint density at radius 1 is 1.36 bits per heavy atom. The number of para-hydroxylation sites is 1. The molecule has 0 saturated heterocycles. The van der Waals surface area contributed by atoms with Crippen molar-refractivity contribution >= 4 is 5.84 Å². The Kier molecular flexibility index (Phi) is 3.94. The van der Waals surface area contributed by atoms with Crippen LogP contribution in [0, 0.1) is 5.41 Å². The number of hydrogen-bond acceptors (Lipinski definition) is 3. The average Bonchev–Trinajstić information content (AvgIpc) is 2.19. The SMILES string of the molecule is COCCOc1ccccc1C(=N)N. The summed E-state index contributed by atoms with van der Waals surface area (Å²) in [7, 11) is 1.61. The minimum atomic E-state index is 0.0121. The number of nitrogen functional groups attached to an aromatic ring is 1. The number of benzene rings is 1. The number of amidine groups is 1. The van der Waals surface area contributed by atoms with Crippen molar-refractivity contribution in [3.63, 3.8) is 0 Å². The zero-order valence-electron chi connectivity index (χ0n) is 8.12. The molecular weight excluding hydrogens is 180 g/mol. The third-order valence-electron chi connectivity index (χ3n) is 1.72. The van der Waals surface area contributed by atoms with Gasteiger partial charge < -0.3 is 15.2 Å². The topological polar surface area (TPSA) is 68.3 Å².